The lowest BCUT2D eigenvalue weighted by atomic mass is 10.1. The van der Waals surface area contributed by atoms with Crippen LogP contribution in [-0.4, -0.2) is 47.0 Å². The van der Waals surface area contributed by atoms with E-state index in [2.05, 4.69) is 0 Å². The number of urea groups is 1. The highest BCUT2D eigenvalue weighted by Crippen LogP contribution is 2.12. The lowest BCUT2D eigenvalue weighted by molar-refractivity contribution is -0.134. The Morgan fingerprint density at radius 1 is 1.21 bits per heavy atom. The smallest absolute Gasteiger partial charge is 0.317 e. The molecular formula is C8H16N4O2. The summed E-state index contributed by atoms with van der Waals surface area (Å²) in [6.45, 7) is 4.31. The minimum Gasteiger partial charge on any atom is -0.317 e. The maximum Gasteiger partial charge on any atom is 0.328 e. The zero-order chi connectivity index (χ0) is 10.9. The van der Waals surface area contributed by atoms with Gasteiger partial charge < -0.3 is 16.4 Å². The molecule has 2 unspecified atom stereocenters. The number of nitrogens with two attached hydrogens (primary N) is 2. The molecule has 0 saturated carbocycles. The second-order valence-electron chi connectivity index (χ2n) is 3.17. The predicted octanol–water partition coefficient (Wildman–Crippen LogP) is -1.10. The van der Waals surface area contributed by atoms with Crippen molar-refractivity contribution in [3.63, 3.8) is 0 Å². The Hall–Kier alpha value is -1.14. The molecule has 1 aliphatic heterocycles. The number of rotatable bonds is 2. The standard InChI is InChI=1S/C8H16N4O2/c1-3-11-6(10)5(9)7(13)12(4-2)8(11)14/h5-6H,3-4,9-10H2,1-2H3. The molecule has 1 saturated heterocycles. The molecule has 14 heavy (non-hydrogen) atoms. The number of amides is 3. The largest absolute Gasteiger partial charge is 0.328 e. The van der Waals surface area contributed by atoms with Gasteiger partial charge in [0.15, 0.2) is 0 Å². The number of carbonyl (C=O) groups excluding carboxylic acids is 2. The molecule has 1 heterocycles. The Balaban J connectivity index is 2.94. The van der Waals surface area contributed by atoms with Crippen LogP contribution in [0.4, 0.5) is 4.79 Å². The molecule has 0 radical (unpaired) electrons. The Kier molecular flexibility index (Phi) is 3.07. The van der Waals surface area contributed by atoms with Crippen molar-refractivity contribution in [1.82, 2.24) is 9.80 Å². The Labute approximate surface area is 82.8 Å². The van der Waals surface area contributed by atoms with Gasteiger partial charge in [0.1, 0.15) is 12.2 Å². The molecule has 1 fully saturated rings. The first-order valence-corrected chi connectivity index (χ1v) is 4.67. The first-order chi connectivity index (χ1) is 6.54. The lowest BCUT2D eigenvalue weighted by Crippen LogP contribution is -2.69. The summed E-state index contributed by atoms with van der Waals surface area (Å²) in [6.07, 6.45) is -0.706. The molecule has 80 valence electrons. The zero-order valence-corrected chi connectivity index (χ0v) is 8.43. The minimum atomic E-state index is -0.812. The van der Waals surface area contributed by atoms with E-state index >= 15 is 0 Å². The van der Waals surface area contributed by atoms with Crippen LogP contribution < -0.4 is 11.5 Å². The van der Waals surface area contributed by atoms with E-state index in [1.165, 1.54) is 4.90 Å². The number of hydrogen-bond acceptors (Lipinski definition) is 4. The highest BCUT2D eigenvalue weighted by molar-refractivity contribution is 6.00. The number of hydrogen-bond donors (Lipinski definition) is 2. The molecule has 1 rings (SSSR count). The Bertz CT molecular complexity index is 256. The van der Waals surface area contributed by atoms with Crippen LogP contribution in [0.3, 0.4) is 0 Å². The van der Waals surface area contributed by atoms with Crippen molar-refractivity contribution >= 4 is 11.9 Å². The monoisotopic (exact) mass is 200 g/mol. The van der Waals surface area contributed by atoms with E-state index in [-0.39, 0.29) is 6.03 Å². The van der Waals surface area contributed by atoms with E-state index in [1.807, 2.05) is 0 Å². The van der Waals surface area contributed by atoms with Crippen LogP contribution in [0.1, 0.15) is 13.8 Å². The van der Waals surface area contributed by atoms with Crippen molar-refractivity contribution in [3.05, 3.63) is 0 Å². The molecule has 0 aromatic rings. The van der Waals surface area contributed by atoms with Gasteiger partial charge in [0.2, 0.25) is 0 Å². The third-order valence-electron chi connectivity index (χ3n) is 2.41. The van der Waals surface area contributed by atoms with Crippen LogP contribution in [0, 0.1) is 0 Å². The summed E-state index contributed by atoms with van der Waals surface area (Å²) in [7, 11) is 0. The summed E-state index contributed by atoms with van der Waals surface area (Å²) in [6, 6.07) is -1.16. The molecule has 0 spiro atoms. The van der Waals surface area contributed by atoms with Gasteiger partial charge in [-0.15, -0.1) is 0 Å². The van der Waals surface area contributed by atoms with Crippen LogP contribution in [0.5, 0.6) is 0 Å². The van der Waals surface area contributed by atoms with Gasteiger partial charge in [-0.25, -0.2) is 4.79 Å². The van der Waals surface area contributed by atoms with E-state index in [1.54, 1.807) is 13.8 Å². The second kappa shape index (κ2) is 3.93. The molecule has 4 N–H and O–H groups in total. The topological polar surface area (TPSA) is 92.7 Å². The highest BCUT2D eigenvalue weighted by atomic mass is 16.2. The van der Waals surface area contributed by atoms with Gasteiger partial charge >= 0.3 is 6.03 Å². The second-order valence-corrected chi connectivity index (χ2v) is 3.17. The van der Waals surface area contributed by atoms with Crippen molar-refractivity contribution in [2.24, 2.45) is 11.5 Å². The van der Waals surface area contributed by atoms with Crippen molar-refractivity contribution in [1.29, 1.82) is 0 Å². The van der Waals surface area contributed by atoms with Crippen LogP contribution in [0.2, 0.25) is 0 Å². The fourth-order valence-corrected chi connectivity index (χ4v) is 1.53. The van der Waals surface area contributed by atoms with E-state index in [4.69, 9.17) is 11.5 Å². The van der Waals surface area contributed by atoms with Gasteiger partial charge in [-0.2, -0.15) is 0 Å². The summed E-state index contributed by atoms with van der Waals surface area (Å²) in [5.74, 6) is -0.394. The molecule has 0 aliphatic carbocycles. The Morgan fingerprint density at radius 2 is 1.79 bits per heavy atom. The lowest BCUT2D eigenvalue weighted by Gasteiger charge is -2.40. The SMILES string of the molecule is CCN1C(=O)C(N)C(N)N(CC)C1=O. The van der Waals surface area contributed by atoms with Crippen LogP contribution >= 0.6 is 0 Å². The van der Waals surface area contributed by atoms with E-state index in [0.29, 0.717) is 13.1 Å². The fraction of sp³-hybridized carbons (Fsp3) is 0.750. The normalized spacial score (nSPS) is 28.6. The molecule has 3 amide bonds. The van der Waals surface area contributed by atoms with Gasteiger partial charge in [-0.05, 0) is 13.8 Å². The van der Waals surface area contributed by atoms with Crippen LogP contribution in [0.15, 0.2) is 0 Å². The van der Waals surface area contributed by atoms with E-state index < -0.39 is 18.1 Å². The Morgan fingerprint density at radius 3 is 2.21 bits per heavy atom. The van der Waals surface area contributed by atoms with Crippen LogP contribution in [0.25, 0.3) is 0 Å². The highest BCUT2D eigenvalue weighted by Gasteiger charge is 2.41. The number of imide groups is 1. The maximum absolute atomic E-state index is 11.6. The van der Waals surface area contributed by atoms with Gasteiger partial charge in [0, 0.05) is 13.1 Å². The van der Waals surface area contributed by atoms with E-state index in [9.17, 15) is 9.59 Å². The number of nitrogens with zero attached hydrogens (tertiary/aromatic N) is 2. The average molecular weight is 200 g/mol. The molecule has 0 bridgehead atoms. The molecule has 6 heteroatoms. The third kappa shape index (κ3) is 1.46. The molecule has 0 aromatic heterocycles. The minimum absolute atomic E-state index is 0.328. The third-order valence-corrected chi connectivity index (χ3v) is 2.41. The van der Waals surface area contributed by atoms with Gasteiger partial charge in [0.05, 0.1) is 0 Å². The molecule has 1 aliphatic rings. The summed E-state index contributed by atoms with van der Waals surface area (Å²) in [5, 5.41) is 0. The number of carbonyl (C=O) groups is 2. The maximum atomic E-state index is 11.6. The first kappa shape index (κ1) is 10.9. The average Bonchev–Trinajstić information content (AvgIpc) is 2.16. The summed E-state index contributed by atoms with van der Waals surface area (Å²) in [4.78, 5) is 25.7. The van der Waals surface area contributed by atoms with E-state index in [0.717, 1.165) is 4.90 Å². The van der Waals surface area contributed by atoms with Crippen molar-refractivity contribution in [2.75, 3.05) is 13.1 Å². The summed E-state index contributed by atoms with van der Waals surface area (Å²) < 4.78 is 0. The van der Waals surface area contributed by atoms with Crippen LogP contribution in [-0.2, 0) is 4.79 Å². The molecule has 0 aromatic carbocycles. The quantitative estimate of drug-likeness (QED) is 0.592. The first-order valence-electron chi connectivity index (χ1n) is 4.67. The van der Waals surface area contributed by atoms with Crippen molar-refractivity contribution in [2.45, 2.75) is 26.1 Å². The summed E-state index contributed by atoms with van der Waals surface area (Å²) >= 11 is 0. The van der Waals surface area contributed by atoms with Crippen molar-refractivity contribution < 1.29 is 9.59 Å². The summed E-state index contributed by atoms with van der Waals surface area (Å²) in [5.41, 5.74) is 11.3. The van der Waals surface area contributed by atoms with Gasteiger partial charge in [0.25, 0.3) is 5.91 Å². The number of likely N-dealkylation sites (N-methyl/N-ethyl adjacent to an activating group) is 2. The zero-order valence-electron chi connectivity index (χ0n) is 8.43. The van der Waals surface area contributed by atoms with Crippen molar-refractivity contribution in [3.8, 4) is 0 Å². The molecule has 6 nitrogen and oxygen atoms in total. The van der Waals surface area contributed by atoms with Gasteiger partial charge in [-0.3, -0.25) is 9.69 Å². The fourth-order valence-electron chi connectivity index (χ4n) is 1.53. The molecule has 2 atom stereocenters. The molecular weight excluding hydrogens is 184 g/mol. The predicted molar refractivity (Wildman–Crippen MR) is 51.1 cm³/mol. The van der Waals surface area contributed by atoms with Gasteiger partial charge in [-0.1, -0.05) is 0 Å².